The smallest absolute Gasteiger partial charge is 2.00 e. The van der Waals surface area contributed by atoms with Crippen LogP contribution in [0.1, 0.15) is 0 Å². The van der Waals surface area contributed by atoms with Gasteiger partial charge in [-0.25, -0.2) is 0 Å². The Bertz CT molecular complexity index is 6.00. The summed E-state index contributed by atoms with van der Waals surface area (Å²) in [7, 11) is 0. The first-order valence-corrected chi connectivity index (χ1v) is 0. The first-order chi connectivity index (χ1) is 0. The average Bonchev–Trinajstić information content (AvgIpc) is 0. The topological polar surface area (TPSA) is 57.0 Å². The van der Waals surface area contributed by atoms with E-state index in [1.54, 1.807) is 0 Å². The van der Waals surface area contributed by atoms with Gasteiger partial charge >= 0.3 is 21.7 Å². The van der Waals surface area contributed by atoms with Crippen molar-refractivity contribution in [1.82, 2.24) is 0 Å². The molecule has 0 unspecified atom stereocenters. The maximum Gasteiger partial charge on any atom is 4.00 e. The van der Waals surface area contributed by atoms with Crippen LogP contribution in [-0.2, 0) is 58.5 Å². The number of rotatable bonds is 0. The maximum atomic E-state index is 0. The van der Waals surface area contributed by atoms with E-state index in [0.717, 1.165) is 0 Å². The SMILES string of the molecule is [Hf].[O-2].[O-2].[Ti+4]. The molecule has 0 aromatic rings. The van der Waals surface area contributed by atoms with Gasteiger partial charge in [0.15, 0.2) is 0 Å². The van der Waals surface area contributed by atoms with E-state index in [1.807, 2.05) is 0 Å². The van der Waals surface area contributed by atoms with E-state index in [9.17, 15) is 0 Å². The third-order valence-electron chi connectivity index (χ3n) is 0. The molecule has 0 saturated carbocycles. The van der Waals surface area contributed by atoms with Crippen LogP contribution in [0.4, 0.5) is 0 Å². The molecule has 0 aliphatic heterocycles. The predicted octanol–water partition coefficient (Wildman–Crippen LogP) is -0.243. The second-order valence-electron chi connectivity index (χ2n) is 0. The third-order valence-corrected chi connectivity index (χ3v) is 0. The molecule has 0 amide bonds. The van der Waals surface area contributed by atoms with Crippen LogP contribution >= 0.6 is 0 Å². The van der Waals surface area contributed by atoms with E-state index in [0.29, 0.717) is 0 Å². The first-order valence-electron chi connectivity index (χ1n) is 0. The van der Waals surface area contributed by atoms with Crippen molar-refractivity contribution in [2.24, 2.45) is 0 Å². The van der Waals surface area contributed by atoms with Crippen molar-refractivity contribution >= 4 is 0 Å². The molecule has 4 heavy (non-hydrogen) atoms. The van der Waals surface area contributed by atoms with Crippen LogP contribution in [0, 0.1) is 0 Å². The van der Waals surface area contributed by atoms with Crippen molar-refractivity contribution in [2.75, 3.05) is 0 Å². The first kappa shape index (κ1) is 49.3. The van der Waals surface area contributed by atoms with Gasteiger partial charge in [0, 0.05) is 25.8 Å². The van der Waals surface area contributed by atoms with Crippen LogP contribution in [0.5, 0.6) is 0 Å². The van der Waals surface area contributed by atoms with Crippen LogP contribution in [-0.4, -0.2) is 0 Å². The van der Waals surface area contributed by atoms with Crippen molar-refractivity contribution in [2.45, 2.75) is 0 Å². The molecule has 0 N–H and O–H groups in total. The molecule has 0 aliphatic carbocycles. The Morgan fingerprint density at radius 2 is 0.750 bits per heavy atom. The van der Waals surface area contributed by atoms with Gasteiger partial charge in [-0.05, 0) is 0 Å². The second-order valence-corrected chi connectivity index (χ2v) is 0. The fourth-order valence-electron chi connectivity index (χ4n) is 0. The summed E-state index contributed by atoms with van der Waals surface area (Å²) in [6, 6.07) is 0. The van der Waals surface area contributed by atoms with E-state index >= 15 is 0 Å². The Labute approximate surface area is 58.2 Å². The van der Waals surface area contributed by atoms with E-state index in [4.69, 9.17) is 0 Å². The van der Waals surface area contributed by atoms with Gasteiger partial charge in [-0.1, -0.05) is 0 Å². The molecule has 0 bridgehead atoms. The molecule has 4 heteroatoms. The third kappa shape index (κ3) is 9.71. The fraction of sp³-hybridized carbons (Fsp3) is 0. The monoisotopic (exact) mass is 260 g/mol. The maximum absolute atomic E-state index is 0. The molecule has 0 heterocycles. The molecule has 2 nitrogen and oxygen atoms in total. The van der Waals surface area contributed by atoms with E-state index in [1.165, 1.54) is 0 Å². The van der Waals surface area contributed by atoms with Crippen LogP contribution in [0.3, 0.4) is 0 Å². The van der Waals surface area contributed by atoms with Gasteiger partial charge in [0.25, 0.3) is 0 Å². The Morgan fingerprint density at radius 3 is 0.750 bits per heavy atom. The molecule has 0 aromatic heterocycles. The van der Waals surface area contributed by atoms with Crippen LogP contribution < -0.4 is 0 Å². The van der Waals surface area contributed by atoms with Gasteiger partial charge in [-0.2, -0.15) is 0 Å². The number of hydrogen-bond donors (Lipinski definition) is 0. The zero-order valence-corrected chi connectivity index (χ0v) is 6.97. The van der Waals surface area contributed by atoms with Crippen LogP contribution in [0.2, 0.25) is 0 Å². The van der Waals surface area contributed by atoms with Gasteiger partial charge < -0.3 is 11.0 Å². The van der Waals surface area contributed by atoms with Crippen molar-refractivity contribution in [3.8, 4) is 0 Å². The Balaban J connectivity index is 0. The summed E-state index contributed by atoms with van der Waals surface area (Å²) in [5, 5.41) is 0. The van der Waals surface area contributed by atoms with Crippen LogP contribution in [0.25, 0.3) is 0 Å². The minimum Gasteiger partial charge on any atom is -2.00 e. The Hall–Kier alpha value is 1.50. The Morgan fingerprint density at radius 1 is 0.750 bits per heavy atom. The molecule has 0 saturated heterocycles. The summed E-state index contributed by atoms with van der Waals surface area (Å²) >= 11 is 0. The normalized spacial score (nSPS) is 0. The average molecular weight is 258 g/mol. The van der Waals surface area contributed by atoms with Crippen molar-refractivity contribution in [1.29, 1.82) is 0 Å². The van der Waals surface area contributed by atoms with Crippen molar-refractivity contribution in [3.05, 3.63) is 0 Å². The molecule has 0 aliphatic rings. The summed E-state index contributed by atoms with van der Waals surface area (Å²) < 4.78 is 0. The summed E-state index contributed by atoms with van der Waals surface area (Å²) in [6.07, 6.45) is 0. The molecule has 0 spiro atoms. The van der Waals surface area contributed by atoms with Gasteiger partial charge in [-0.3, -0.25) is 0 Å². The molecule has 20 valence electrons. The predicted molar refractivity (Wildman–Crippen MR) is 1.37 cm³/mol. The molecule has 0 atom stereocenters. The molecular formula is HfO2Ti. The minimum atomic E-state index is 0. The second kappa shape index (κ2) is 24.4. The molecule has 0 radical (unpaired) electrons. The van der Waals surface area contributed by atoms with Gasteiger partial charge in [0.05, 0.1) is 0 Å². The summed E-state index contributed by atoms with van der Waals surface area (Å²) in [6.45, 7) is 0. The fourth-order valence-corrected chi connectivity index (χ4v) is 0. The minimum absolute atomic E-state index is 0. The quantitative estimate of drug-likeness (QED) is 0.538. The van der Waals surface area contributed by atoms with Crippen LogP contribution in [0.15, 0.2) is 0 Å². The van der Waals surface area contributed by atoms with E-state index in [-0.39, 0.29) is 58.5 Å². The summed E-state index contributed by atoms with van der Waals surface area (Å²) in [5.74, 6) is 0. The summed E-state index contributed by atoms with van der Waals surface area (Å²) in [4.78, 5) is 0. The molecule has 0 fully saturated rings. The van der Waals surface area contributed by atoms with E-state index < -0.39 is 0 Å². The largest absolute Gasteiger partial charge is 4.00 e. The molecule has 0 aromatic carbocycles. The zero-order valence-electron chi connectivity index (χ0n) is 1.82. The Kier molecular flexibility index (Phi) is 302. The number of hydrogen-bond acceptors (Lipinski definition) is 0. The van der Waals surface area contributed by atoms with E-state index in [2.05, 4.69) is 0 Å². The van der Waals surface area contributed by atoms with Crippen molar-refractivity contribution < 1.29 is 58.5 Å². The molecule has 0 rings (SSSR count). The zero-order chi connectivity index (χ0) is 0. The summed E-state index contributed by atoms with van der Waals surface area (Å²) in [5.41, 5.74) is 0. The van der Waals surface area contributed by atoms with Crippen molar-refractivity contribution in [3.63, 3.8) is 0 Å². The van der Waals surface area contributed by atoms with Gasteiger partial charge in [-0.15, -0.1) is 0 Å². The van der Waals surface area contributed by atoms with Gasteiger partial charge in [0.1, 0.15) is 0 Å². The standard InChI is InChI=1S/Hf.2O.Ti/q;2*-2;+4. The molecular weight excluding hydrogens is 258 g/mol. The van der Waals surface area contributed by atoms with Gasteiger partial charge in [0.2, 0.25) is 0 Å².